The van der Waals surface area contributed by atoms with Gasteiger partial charge in [0, 0.05) is 5.39 Å². The van der Waals surface area contributed by atoms with Crippen LogP contribution in [0.1, 0.15) is 37.5 Å². The third-order valence-corrected chi connectivity index (χ3v) is 6.81. The number of para-hydroxylation sites is 1. The number of fused-ring (bicyclic) bond motifs is 1. The molecule has 0 radical (unpaired) electrons. The number of aryl methyl sites for hydroxylation is 1. The first-order valence-corrected chi connectivity index (χ1v) is 11.3. The molecule has 0 saturated carbocycles. The summed E-state index contributed by atoms with van der Waals surface area (Å²) in [6.07, 6.45) is 0. The van der Waals surface area contributed by atoms with Crippen LogP contribution in [0.4, 0.5) is 5.13 Å². The van der Waals surface area contributed by atoms with Gasteiger partial charge in [0.05, 0.1) is 24.4 Å². The Kier molecular flexibility index (Phi) is 5.37. The standard InChI is InChI=1S/C25H18N2O7S/c1-12-22(24(32)33-2)35-25(26-12)27-19(13-7-9-15(28)10-8-13)18(21(30)23(27)31)20(29)17-11-14-5-3-4-6-16(14)34-17/h3-11,19,28,30H,1-2H3. The Hall–Kier alpha value is -4.44. The monoisotopic (exact) mass is 490 g/mol. The molecular formula is C25H18N2O7S. The van der Waals surface area contributed by atoms with Gasteiger partial charge in [-0.15, -0.1) is 0 Å². The van der Waals surface area contributed by atoms with Gasteiger partial charge in [-0.3, -0.25) is 14.5 Å². The summed E-state index contributed by atoms with van der Waals surface area (Å²) in [5.41, 5.74) is 1.06. The van der Waals surface area contributed by atoms with E-state index in [1.54, 1.807) is 37.3 Å². The van der Waals surface area contributed by atoms with Crippen LogP contribution >= 0.6 is 11.3 Å². The lowest BCUT2D eigenvalue weighted by Crippen LogP contribution is -2.31. The number of Topliss-reactive ketones (excluding diaryl/α,β-unsaturated/α-hetero) is 1. The lowest BCUT2D eigenvalue weighted by atomic mass is 9.95. The van der Waals surface area contributed by atoms with E-state index in [2.05, 4.69) is 4.98 Å². The van der Waals surface area contributed by atoms with E-state index in [9.17, 15) is 24.6 Å². The zero-order valence-corrected chi connectivity index (χ0v) is 19.3. The number of aromatic nitrogens is 1. The molecule has 0 bridgehead atoms. The fraction of sp³-hybridized carbons (Fsp3) is 0.120. The SMILES string of the molecule is COC(=O)c1sc(N2C(=O)C(O)=C(C(=O)c3cc4ccccc4o3)C2c2ccc(O)cc2)nc1C. The van der Waals surface area contributed by atoms with Crippen molar-refractivity contribution in [2.75, 3.05) is 12.0 Å². The van der Waals surface area contributed by atoms with Crippen LogP contribution in [0.15, 0.2) is 70.3 Å². The molecule has 5 rings (SSSR count). The van der Waals surface area contributed by atoms with E-state index < -0.39 is 29.5 Å². The molecule has 0 aliphatic carbocycles. The summed E-state index contributed by atoms with van der Waals surface area (Å²) in [5, 5.41) is 21.4. The lowest BCUT2D eigenvalue weighted by molar-refractivity contribution is -0.117. The highest BCUT2D eigenvalue weighted by molar-refractivity contribution is 7.17. The van der Waals surface area contributed by atoms with Crippen LogP contribution in [-0.2, 0) is 9.53 Å². The molecule has 0 saturated heterocycles. The molecule has 2 aromatic carbocycles. The fourth-order valence-corrected chi connectivity index (χ4v) is 5.01. The highest BCUT2D eigenvalue weighted by atomic mass is 32.1. The number of furan rings is 1. The first-order valence-electron chi connectivity index (χ1n) is 10.4. The highest BCUT2D eigenvalue weighted by Gasteiger charge is 2.47. The normalized spacial score (nSPS) is 15.8. The first-order chi connectivity index (χ1) is 16.8. The van der Waals surface area contributed by atoms with Gasteiger partial charge < -0.3 is 19.4 Å². The van der Waals surface area contributed by atoms with Crippen molar-refractivity contribution in [3.05, 3.63) is 87.8 Å². The molecule has 10 heteroatoms. The van der Waals surface area contributed by atoms with Gasteiger partial charge in [0.15, 0.2) is 16.7 Å². The van der Waals surface area contributed by atoms with Gasteiger partial charge in [0.1, 0.15) is 16.2 Å². The number of esters is 1. The van der Waals surface area contributed by atoms with Crippen LogP contribution in [0.25, 0.3) is 11.0 Å². The molecule has 4 aromatic rings. The number of thiazole rings is 1. The number of methoxy groups -OCH3 is 1. The minimum Gasteiger partial charge on any atom is -0.508 e. The topological polar surface area (TPSA) is 130 Å². The molecule has 1 unspecified atom stereocenters. The maximum Gasteiger partial charge on any atom is 0.350 e. The van der Waals surface area contributed by atoms with Gasteiger partial charge in [0.2, 0.25) is 5.78 Å². The molecule has 1 aliphatic rings. The number of carbonyl (C=O) groups excluding carboxylic acids is 3. The largest absolute Gasteiger partial charge is 0.508 e. The summed E-state index contributed by atoms with van der Waals surface area (Å²) in [6, 6.07) is 13.4. The number of aliphatic hydroxyl groups excluding tert-OH is 1. The summed E-state index contributed by atoms with van der Waals surface area (Å²) < 4.78 is 10.5. The molecule has 9 nitrogen and oxygen atoms in total. The van der Waals surface area contributed by atoms with Crippen LogP contribution in [0.2, 0.25) is 0 Å². The number of phenols is 1. The number of benzene rings is 2. The maximum atomic E-state index is 13.6. The van der Waals surface area contributed by atoms with Gasteiger partial charge in [0.25, 0.3) is 5.91 Å². The van der Waals surface area contributed by atoms with Crippen molar-refractivity contribution < 1.29 is 33.8 Å². The smallest absolute Gasteiger partial charge is 0.350 e. The molecule has 35 heavy (non-hydrogen) atoms. The predicted octanol–water partition coefficient (Wildman–Crippen LogP) is 4.47. The fourth-order valence-electron chi connectivity index (χ4n) is 4.00. The Morgan fingerprint density at radius 1 is 1.11 bits per heavy atom. The molecule has 176 valence electrons. The number of carbonyl (C=O) groups is 3. The number of nitrogens with zero attached hydrogens (tertiary/aromatic N) is 2. The number of phenolic OH excluding ortho intramolecular Hbond substituents is 1. The van der Waals surface area contributed by atoms with Gasteiger partial charge in [-0.2, -0.15) is 0 Å². The van der Waals surface area contributed by atoms with E-state index in [4.69, 9.17) is 9.15 Å². The molecule has 1 atom stereocenters. The molecule has 1 amide bonds. The van der Waals surface area contributed by atoms with Gasteiger partial charge in [-0.25, -0.2) is 9.78 Å². The third kappa shape index (κ3) is 3.64. The van der Waals surface area contributed by atoms with Gasteiger partial charge >= 0.3 is 5.97 Å². The zero-order valence-electron chi connectivity index (χ0n) is 18.5. The quantitative estimate of drug-likeness (QED) is 0.310. The summed E-state index contributed by atoms with van der Waals surface area (Å²) in [7, 11) is 1.24. The second kappa shape index (κ2) is 8.41. The predicted molar refractivity (Wildman–Crippen MR) is 127 cm³/mol. The second-order valence-corrected chi connectivity index (χ2v) is 8.79. The average molecular weight is 490 g/mol. The Bertz CT molecular complexity index is 1500. The molecule has 1 aliphatic heterocycles. The van der Waals surface area contributed by atoms with Crippen molar-refractivity contribution in [2.24, 2.45) is 0 Å². The van der Waals surface area contributed by atoms with Crippen molar-refractivity contribution in [1.29, 1.82) is 0 Å². The minimum atomic E-state index is -1.08. The first kappa shape index (κ1) is 22.4. The number of ketones is 1. The number of rotatable bonds is 5. The Morgan fingerprint density at radius 3 is 2.51 bits per heavy atom. The number of hydrogen-bond donors (Lipinski definition) is 2. The van der Waals surface area contributed by atoms with Crippen LogP contribution in [0, 0.1) is 6.92 Å². The molecular weight excluding hydrogens is 472 g/mol. The molecule has 3 heterocycles. The van der Waals surface area contributed by atoms with Crippen molar-refractivity contribution in [2.45, 2.75) is 13.0 Å². The Labute approximate surface area is 202 Å². The van der Waals surface area contributed by atoms with E-state index in [1.165, 1.54) is 31.4 Å². The summed E-state index contributed by atoms with van der Waals surface area (Å²) in [5.74, 6) is -2.95. The van der Waals surface area contributed by atoms with E-state index in [0.29, 0.717) is 22.2 Å². The number of amides is 1. The maximum absolute atomic E-state index is 13.6. The average Bonchev–Trinajstić information content (AvgIpc) is 3.53. The highest BCUT2D eigenvalue weighted by Crippen LogP contribution is 2.44. The van der Waals surface area contributed by atoms with E-state index in [-0.39, 0.29) is 27.1 Å². The van der Waals surface area contributed by atoms with Crippen molar-refractivity contribution in [3.8, 4) is 5.75 Å². The number of ether oxygens (including phenoxy) is 1. The minimum absolute atomic E-state index is 0.0129. The second-order valence-electron chi connectivity index (χ2n) is 7.81. The van der Waals surface area contributed by atoms with E-state index in [0.717, 1.165) is 16.2 Å². The number of hydrogen-bond acceptors (Lipinski definition) is 9. The van der Waals surface area contributed by atoms with E-state index in [1.807, 2.05) is 0 Å². The molecule has 0 spiro atoms. The summed E-state index contributed by atoms with van der Waals surface area (Å²) in [4.78, 5) is 44.7. The van der Waals surface area contributed by atoms with Gasteiger partial charge in [-0.05, 0) is 36.8 Å². The number of aliphatic hydroxyl groups is 1. The van der Waals surface area contributed by atoms with Crippen LogP contribution in [0.3, 0.4) is 0 Å². The number of aromatic hydroxyl groups is 1. The van der Waals surface area contributed by atoms with Crippen LogP contribution in [0.5, 0.6) is 5.75 Å². The summed E-state index contributed by atoms with van der Waals surface area (Å²) in [6.45, 7) is 1.59. The lowest BCUT2D eigenvalue weighted by Gasteiger charge is -2.24. The Balaban J connectivity index is 1.65. The summed E-state index contributed by atoms with van der Waals surface area (Å²) >= 11 is 0.908. The zero-order chi connectivity index (χ0) is 24.9. The third-order valence-electron chi connectivity index (χ3n) is 5.67. The van der Waals surface area contributed by atoms with Crippen LogP contribution < -0.4 is 4.90 Å². The van der Waals surface area contributed by atoms with Crippen molar-refractivity contribution in [1.82, 2.24) is 4.98 Å². The van der Waals surface area contributed by atoms with Crippen molar-refractivity contribution in [3.63, 3.8) is 0 Å². The molecule has 2 aromatic heterocycles. The number of anilines is 1. The Morgan fingerprint density at radius 2 is 1.83 bits per heavy atom. The molecule has 2 N–H and O–H groups in total. The van der Waals surface area contributed by atoms with Crippen LogP contribution in [-0.4, -0.2) is 40.0 Å². The van der Waals surface area contributed by atoms with Gasteiger partial charge in [-0.1, -0.05) is 41.7 Å². The van der Waals surface area contributed by atoms with E-state index >= 15 is 0 Å². The molecule has 0 fully saturated rings. The van der Waals surface area contributed by atoms with Crippen molar-refractivity contribution >= 4 is 45.1 Å².